The van der Waals surface area contributed by atoms with Crippen molar-refractivity contribution in [2.45, 2.75) is 12.8 Å². The number of nitrogens with two attached hydrogens (primary N) is 1. The summed E-state index contributed by atoms with van der Waals surface area (Å²) in [6.07, 6.45) is 5.55. The molecule has 5 nitrogen and oxygen atoms in total. The average molecular weight is 234 g/mol. The van der Waals surface area contributed by atoms with Crippen molar-refractivity contribution in [3.63, 3.8) is 0 Å². The van der Waals surface area contributed by atoms with Gasteiger partial charge in [-0.3, -0.25) is 9.78 Å². The van der Waals surface area contributed by atoms with Gasteiger partial charge in [0.15, 0.2) is 0 Å². The molecule has 0 bridgehead atoms. The van der Waals surface area contributed by atoms with E-state index in [-0.39, 0.29) is 5.91 Å². The lowest BCUT2D eigenvalue weighted by molar-refractivity contribution is -0.128. The number of likely N-dealkylation sites (tertiary alicyclic amines) is 1. The quantitative estimate of drug-likeness (QED) is 0.837. The van der Waals surface area contributed by atoms with Crippen molar-refractivity contribution in [1.29, 1.82) is 0 Å². The maximum absolute atomic E-state index is 11.9. The van der Waals surface area contributed by atoms with Gasteiger partial charge in [-0.1, -0.05) is 0 Å². The van der Waals surface area contributed by atoms with Crippen LogP contribution in [0.5, 0.6) is 0 Å². The first-order valence-corrected chi connectivity index (χ1v) is 5.86. The van der Waals surface area contributed by atoms with Crippen LogP contribution in [0, 0.1) is 0 Å². The number of hydrogen-bond donors (Lipinski definition) is 1. The second-order valence-corrected chi connectivity index (χ2v) is 4.42. The molecule has 2 rings (SSSR count). The molecule has 0 saturated carbocycles. The van der Waals surface area contributed by atoms with Gasteiger partial charge in [-0.05, 0) is 18.9 Å². The SMILES string of the molecule is CN(CC(=O)N1CCCC1)c1cncc(N)c1. The van der Waals surface area contributed by atoms with Crippen LogP contribution in [0.3, 0.4) is 0 Å². The maximum Gasteiger partial charge on any atom is 0.242 e. The molecule has 1 fully saturated rings. The van der Waals surface area contributed by atoms with Crippen LogP contribution in [0.15, 0.2) is 18.5 Å². The van der Waals surface area contributed by atoms with Gasteiger partial charge < -0.3 is 15.5 Å². The van der Waals surface area contributed by atoms with E-state index in [1.54, 1.807) is 12.4 Å². The molecular weight excluding hydrogens is 216 g/mol. The van der Waals surface area contributed by atoms with Crippen molar-refractivity contribution in [2.24, 2.45) is 0 Å². The maximum atomic E-state index is 11.9. The van der Waals surface area contributed by atoms with Crippen molar-refractivity contribution in [3.05, 3.63) is 18.5 Å². The highest BCUT2D eigenvalue weighted by atomic mass is 16.2. The zero-order valence-corrected chi connectivity index (χ0v) is 10.1. The summed E-state index contributed by atoms with van der Waals surface area (Å²) >= 11 is 0. The zero-order chi connectivity index (χ0) is 12.3. The average Bonchev–Trinajstić information content (AvgIpc) is 2.82. The number of anilines is 2. The minimum Gasteiger partial charge on any atom is -0.397 e. The molecule has 17 heavy (non-hydrogen) atoms. The molecule has 5 heteroatoms. The molecule has 2 heterocycles. The van der Waals surface area contributed by atoms with Gasteiger partial charge in [-0.15, -0.1) is 0 Å². The Labute approximate surface area is 101 Å². The highest BCUT2D eigenvalue weighted by Gasteiger charge is 2.19. The topological polar surface area (TPSA) is 62.5 Å². The fourth-order valence-electron chi connectivity index (χ4n) is 2.01. The van der Waals surface area contributed by atoms with E-state index < -0.39 is 0 Å². The van der Waals surface area contributed by atoms with Crippen LogP contribution in [0.4, 0.5) is 11.4 Å². The van der Waals surface area contributed by atoms with Crippen LogP contribution >= 0.6 is 0 Å². The van der Waals surface area contributed by atoms with Crippen molar-refractivity contribution in [1.82, 2.24) is 9.88 Å². The Kier molecular flexibility index (Phi) is 3.46. The van der Waals surface area contributed by atoms with Crippen molar-refractivity contribution in [2.75, 3.05) is 37.3 Å². The predicted molar refractivity (Wildman–Crippen MR) is 67.7 cm³/mol. The van der Waals surface area contributed by atoms with E-state index in [0.717, 1.165) is 31.6 Å². The third-order valence-corrected chi connectivity index (χ3v) is 3.02. The number of amides is 1. The van der Waals surface area contributed by atoms with Crippen LogP contribution in [0.2, 0.25) is 0 Å². The van der Waals surface area contributed by atoms with Gasteiger partial charge in [0.05, 0.1) is 24.1 Å². The van der Waals surface area contributed by atoms with Crippen molar-refractivity contribution >= 4 is 17.3 Å². The van der Waals surface area contributed by atoms with Gasteiger partial charge >= 0.3 is 0 Å². The lowest BCUT2D eigenvalue weighted by Crippen LogP contribution is -2.37. The highest BCUT2D eigenvalue weighted by molar-refractivity contribution is 5.81. The largest absolute Gasteiger partial charge is 0.397 e. The first-order chi connectivity index (χ1) is 8.16. The molecule has 2 N–H and O–H groups in total. The molecule has 1 aliphatic heterocycles. The van der Waals surface area contributed by atoms with Crippen molar-refractivity contribution < 1.29 is 4.79 Å². The molecule has 1 aliphatic rings. The minimum atomic E-state index is 0.174. The van der Waals surface area contributed by atoms with E-state index in [4.69, 9.17) is 5.73 Å². The highest BCUT2D eigenvalue weighted by Crippen LogP contribution is 2.15. The number of hydrogen-bond acceptors (Lipinski definition) is 4. The first kappa shape index (κ1) is 11.7. The normalized spacial score (nSPS) is 15.0. The number of carbonyl (C=O) groups excluding carboxylic acids is 1. The second-order valence-electron chi connectivity index (χ2n) is 4.42. The van der Waals surface area contributed by atoms with Crippen LogP contribution in [0.25, 0.3) is 0 Å². The Bertz CT molecular complexity index is 401. The molecule has 0 radical (unpaired) electrons. The molecule has 0 unspecified atom stereocenters. The molecule has 1 aromatic rings. The predicted octanol–water partition coefficient (Wildman–Crippen LogP) is 0.722. The number of rotatable bonds is 3. The molecule has 1 saturated heterocycles. The number of aromatic nitrogens is 1. The summed E-state index contributed by atoms with van der Waals surface area (Å²) in [6, 6.07) is 1.82. The molecule has 0 spiro atoms. The van der Waals surface area contributed by atoms with Crippen molar-refractivity contribution in [3.8, 4) is 0 Å². The first-order valence-electron chi connectivity index (χ1n) is 5.86. The Hall–Kier alpha value is -1.78. The number of nitrogens with zero attached hydrogens (tertiary/aromatic N) is 3. The van der Waals surface area contributed by atoms with Gasteiger partial charge in [0.2, 0.25) is 5.91 Å². The zero-order valence-electron chi connectivity index (χ0n) is 10.1. The Morgan fingerprint density at radius 1 is 1.47 bits per heavy atom. The summed E-state index contributed by atoms with van der Waals surface area (Å²) in [5, 5.41) is 0. The van der Waals surface area contributed by atoms with E-state index >= 15 is 0 Å². The Morgan fingerprint density at radius 2 is 2.18 bits per heavy atom. The van der Waals surface area contributed by atoms with E-state index in [9.17, 15) is 4.79 Å². The third kappa shape index (κ3) is 2.87. The molecule has 0 atom stereocenters. The third-order valence-electron chi connectivity index (χ3n) is 3.02. The van der Waals surface area contributed by atoms with Gasteiger partial charge in [-0.25, -0.2) is 0 Å². The van der Waals surface area contributed by atoms with Crippen LogP contribution in [-0.4, -0.2) is 42.5 Å². The summed E-state index contributed by atoms with van der Waals surface area (Å²) < 4.78 is 0. The molecule has 1 amide bonds. The molecule has 0 aliphatic carbocycles. The summed E-state index contributed by atoms with van der Waals surface area (Å²) in [6.45, 7) is 2.16. The number of carbonyl (C=O) groups is 1. The second kappa shape index (κ2) is 5.03. The fraction of sp³-hybridized carbons (Fsp3) is 0.500. The van der Waals surface area contributed by atoms with Gasteiger partial charge in [0, 0.05) is 26.3 Å². The van der Waals surface area contributed by atoms with Crippen LogP contribution in [0.1, 0.15) is 12.8 Å². The monoisotopic (exact) mass is 234 g/mol. The molecule has 92 valence electrons. The van der Waals surface area contributed by atoms with E-state index in [1.165, 1.54) is 0 Å². The molecular formula is C12H18N4O. The number of nitrogen functional groups attached to an aromatic ring is 1. The number of pyridine rings is 1. The Morgan fingerprint density at radius 3 is 2.82 bits per heavy atom. The summed E-state index contributed by atoms with van der Waals surface area (Å²) in [4.78, 5) is 19.8. The van der Waals surface area contributed by atoms with E-state index in [1.807, 2.05) is 22.9 Å². The van der Waals surface area contributed by atoms with Gasteiger partial charge in [-0.2, -0.15) is 0 Å². The van der Waals surface area contributed by atoms with E-state index in [2.05, 4.69) is 4.98 Å². The fourth-order valence-corrected chi connectivity index (χ4v) is 2.01. The Balaban J connectivity index is 1.96. The summed E-state index contributed by atoms with van der Waals surface area (Å²) in [5.41, 5.74) is 7.15. The smallest absolute Gasteiger partial charge is 0.242 e. The minimum absolute atomic E-state index is 0.174. The molecule has 1 aromatic heterocycles. The lowest BCUT2D eigenvalue weighted by atomic mass is 10.3. The van der Waals surface area contributed by atoms with Gasteiger partial charge in [0.1, 0.15) is 0 Å². The number of likely N-dealkylation sites (N-methyl/N-ethyl adjacent to an activating group) is 1. The summed E-state index contributed by atoms with van der Waals surface area (Å²) in [7, 11) is 1.88. The standard InChI is InChI=1S/C12H18N4O/c1-15(11-6-10(13)7-14-8-11)9-12(17)16-4-2-3-5-16/h6-8H,2-5,9,13H2,1H3. The molecule has 0 aromatic carbocycles. The van der Waals surface area contributed by atoms with Crippen LogP contribution in [-0.2, 0) is 4.79 Å². The van der Waals surface area contributed by atoms with Crippen LogP contribution < -0.4 is 10.6 Å². The lowest BCUT2D eigenvalue weighted by Gasteiger charge is -2.22. The van der Waals surface area contributed by atoms with Gasteiger partial charge in [0.25, 0.3) is 0 Å². The van der Waals surface area contributed by atoms with E-state index in [0.29, 0.717) is 12.2 Å². The summed E-state index contributed by atoms with van der Waals surface area (Å²) in [5.74, 6) is 0.174.